The topological polar surface area (TPSA) is 56.2 Å². The maximum absolute atomic E-state index is 14.1. The summed E-state index contributed by atoms with van der Waals surface area (Å²) in [6, 6.07) is 2.02. The van der Waals surface area contributed by atoms with Crippen LogP contribution in [0, 0.1) is 5.82 Å². The Bertz CT molecular complexity index is 843. The number of carbonyl (C=O) groups excluding carboxylic acids is 1. The molecule has 2 aromatic rings. The summed E-state index contributed by atoms with van der Waals surface area (Å²) in [6.07, 6.45) is -8.88. The Labute approximate surface area is 129 Å². The predicted octanol–water partition coefficient (Wildman–Crippen LogP) is 3.17. The fourth-order valence-electron chi connectivity index (χ4n) is 2.18. The van der Waals surface area contributed by atoms with Gasteiger partial charge in [-0.25, -0.2) is 4.39 Å². The number of aromatic nitrogens is 2. The first-order valence-corrected chi connectivity index (χ1v) is 6.32. The highest BCUT2D eigenvalue weighted by Gasteiger charge is 2.46. The third kappa shape index (κ3) is 2.55. The highest BCUT2D eigenvalue weighted by Crippen LogP contribution is 2.40. The van der Waals surface area contributed by atoms with Crippen molar-refractivity contribution in [3.8, 4) is 17.0 Å². The van der Waals surface area contributed by atoms with Crippen LogP contribution in [0.15, 0.2) is 18.2 Å². The average molecular weight is 351 g/mol. The van der Waals surface area contributed by atoms with E-state index in [0.717, 1.165) is 13.1 Å². The number of ether oxygens (including phenoxy) is 1. The molecule has 1 aliphatic heterocycles. The van der Waals surface area contributed by atoms with Gasteiger partial charge in [-0.1, -0.05) is 0 Å². The first-order chi connectivity index (χ1) is 11.0. The Morgan fingerprint density at radius 3 is 2.50 bits per heavy atom. The summed E-state index contributed by atoms with van der Waals surface area (Å²) in [7, 11) is 1.02. The van der Waals surface area contributed by atoms with Crippen LogP contribution in [-0.2, 0) is 18.0 Å². The van der Waals surface area contributed by atoms with Crippen LogP contribution in [0.25, 0.3) is 11.3 Å². The van der Waals surface area contributed by atoms with Gasteiger partial charge in [-0.05, 0) is 12.1 Å². The van der Waals surface area contributed by atoms with E-state index in [2.05, 4.69) is 9.84 Å². The first-order valence-electron chi connectivity index (χ1n) is 6.32. The number of carbonyl (C=O) groups is 1. The number of anilines is 1. The Hall–Kier alpha value is -2.72. The van der Waals surface area contributed by atoms with Crippen molar-refractivity contribution in [3.05, 3.63) is 29.7 Å². The molecular formula is C13H7F6N3O2. The molecule has 24 heavy (non-hydrogen) atoms. The summed E-state index contributed by atoms with van der Waals surface area (Å²) in [5.41, 5.74) is -2.21. The van der Waals surface area contributed by atoms with Crippen LogP contribution in [0.2, 0.25) is 0 Å². The second-order valence-electron chi connectivity index (χ2n) is 4.94. The maximum Gasteiger partial charge on any atom is 0.482 e. The van der Waals surface area contributed by atoms with Gasteiger partial charge in [-0.3, -0.25) is 9.48 Å². The molecule has 1 aromatic heterocycles. The number of hydrogen-bond donors (Lipinski definition) is 1. The molecule has 0 radical (unpaired) electrons. The summed E-state index contributed by atoms with van der Waals surface area (Å²) in [4.78, 5) is 11.2. The van der Waals surface area contributed by atoms with Gasteiger partial charge in [-0.2, -0.15) is 27.1 Å². The number of fused-ring (bicyclic) bond motifs is 1. The third-order valence-electron chi connectivity index (χ3n) is 3.27. The minimum atomic E-state index is -4.70. The number of alkyl halides is 5. The Balaban J connectivity index is 2.09. The van der Waals surface area contributed by atoms with Crippen LogP contribution in [0.4, 0.5) is 32.0 Å². The molecule has 11 heteroatoms. The van der Waals surface area contributed by atoms with Crippen molar-refractivity contribution >= 4 is 11.6 Å². The quantitative estimate of drug-likeness (QED) is 0.803. The van der Waals surface area contributed by atoms with Crippen molar-refractivity contribution < 1.29 is 35.9 Å². The van der Waals surface area contributed by atoms with E-state index in [1.54, 1.807) is 5.32 Å². The molecule has 0 fully saturated rings. The van der Waals surface area contributed by atoms with Gasteiger partial charge in [-0.15, -0.1) is 0 Å². The number of benzene rings is 1. The van der Waals surface area contributed by atoms with E-state index in [-0.39, 0.29) is 11.4 Å². The van der Waals surface area contributed by atoms with E-state index in [1.165, 1.54) is 0 Å². The number of aryl methyl sites for hydroxylation is 1. The Morgan fingerprint density at radius 2 is 1.92 bits per heavy atom. The van der Waals surface area contributed by atoms with Crippen molar-refractivity contribution in [3.63, 3.8) is 0 Å². The van der Waals surface area contributed by atoms with Crippen molar-refractivity contribution in [2.24, 2.45) is 7.05 Å². The standard InChI is InChI=1S/C13H7F6N3O2/c1-22-10(12(15,16)17)4-7(21-22)5-2-8-9(3-6(5)14)24-13(18,19)11(23)20-8/h2-4H,1H3,(H,20,23). The van der Waals surface area contributed by atoms with E-state index in [0.29, 0.717) is 16.8 Å². The van der Waals surface area contributed by atoms with Gasteiger partial charge >= 0.3 is 18.2 Å². The molecule has 0 aliphatic carbocycles. The lowest BCUT2D eigenvalue weighted by atomic mass is 10.1. The molecule has 1 aromatic carbocycles. The minimum Gasteiger partial charge on any atom is -0.423 e. The van der Waals surface area contributed by atoms with Gasteiger partial charge in [0.1, 0.15) is 11.5 Å². The van der Waals surface area contributed by atoms with E-state index in [9.17, 15) is 31.1 Å². The normalized spacial score (nSPS) is 16.4. The van der Waals surface area contributed by atoms with E-state index >= 15 is 0 Å². The molecular weight excluding hydrogens is 344 g/mol. The summed E-state index contributed by atoms with van der Waals surface area (Å²) >= 11 is 0. The molecule has 2 heterocycles. The molecule has 0 bridgehead atoms. The summed E-state index contributed by atoms with van der Waals surface area (Å²) in [5.74, 6) is -3.55. The van der Waals surface area contributed by atoms with Crippen LogP contribution in [0.1, 0.15) is 5.69 Å². The molecule has 3 rings (SSSR count). The number of nitrogens with one attached hydrogen (secondary N) is 1. The lowest BCUT2D eigenvalue weighted by molar-refractivity contribution is -0.189. The third-order valence-corrected chi connectivity index (χ3v) is 3.27. The van der Waals surface area contributed by atoms with Crippen LogP contribution in [0.3, 0.4) is 0 Å². The molecule has 0 saturated carbocycles. The maximum atomic E-state index is 14.1. The van der Waals surface area contributed by atoms with Crippen LogP contribution >= 0.6 is 0 Å². The smallest absolute Gasteiger partial charge is 0.423 e. The van der Waals surface area contributed by atoms with Crippen LogP contribution < -0.4 is 10.1 Å². The number of amides is 1. The molecule has 1 aliphatic rings. The van der Waals surface area contributed by atoms with Crippen LogP contribution in [-0.4, -0.2) is 21.8 Å². The van der Waals surface area contributed by atoms with Gasteiger partial charge in [0.25, 0.3) is 0 Å². The van der Waals surface area contributed by atoms with Gasteiger partial charge < -0.3 is 10.1 Å². The lowest BCUT2D eigenvalue weighted by Crippen LogP contribution is -2.43. The van der Waals surface area contributed by atoms with E-state index < -0.39 is 41.0 Å². The Kier molecular flexibility index (Phi) is 3.29. The molecule has 0 spiro atoms. The fourth-order valence-corrected chi connectivity index (χ4v) is 2.18. The first kappa shape index (κ1) is 16.1. The highest BCUT2D eigenvalue weighted by atomic mass is 19.4. The monoisotopic (exact) mass is 351 g/mol. The van der Waals surface area contributed by atoms with E-state index in [4.69, 9.17) is 0 Å². The van der Waals surface area contributed by atoms with Gasteiger partial charge in [0.15, 0.2) is 5.75 Å². The SMILES string of the molecule is Cn1nc(-c2cc3c(cc2F)OC(F)(F)C(=O)N3)cc1C(F)(F)F. The van der Waals surface area contributed by atoms with Gasteiger partial charge in [0, 0.05) is 18.7 Å². The lowest BCUT2D eigenvalue weighted by Gasteiger charge is -2.25. The molecule has 0 atom stereocenters. The minimum absolute atomic E-state index is 0.304. The molecule has 128 valence electrons. The molecule has 1 N–H and O–H groups in total. The van der Waals surface area contributed by atoms with Gasteiger partial charge in [0.2, 0.25) is 0 Å². The van der Waals surface area contributed by atoms with Crippen molar-refractivity contribution in [1.82, 2.24) is 9.78 Å². The van der Waals surface area contributed by atoms with Crippen LogP contribution in [0.5, 0.6) is 5.75 Å². The zero-order chi connectivity index (χ0) is 17.9. The van der Waals surface area contributed by atoms with Crippen molar-refractivity contribution in [2.75, 3.05) is 5.32 Å². The molecule has 0 saturated heterocycles. The number of rotatable bonds is 1. The zero-order valence-electron chi connectivity index (χ0n) is 11.7. The number of nitrogens with zero attached hydrogens (tertiary/aromatic N) is 2. The second-order valence-corrected chi connectivity index (χ2v) is 4.94. The molecule has 5 nitrogen and oxygen atoms in total. The average Bonchev–Trinajstić information content (AvgIpc) is 2.81. The predicted molar refractivity (Wildman–Crippen MR) is 67.8 cm³/mol. The zero-order valence-corrected chi connectivity index (χ0v) is 11.7. The number of halogens is 6. The Morgan fingerprint density at radius 1 is 1.25 bits per heavy atom. The number of hydrogen-bond acceptors (Lipinski definition) is 3. The van der Waals surface area contributed by atoms with Crippen molar-refractivity contribution in [2.45, 2.75) is 12.3 Å². The summed E-state index contributed by atoms with van der Waals surface area (Å²) in [5, 5.41) is 5.36. The molecule has 0 unspecified atom stereocenters. The summed E-state index contributed by atoms with van der Waals surface area (Å²) < 4.78 is 83.3. The van der Waals surface area contributed by atoms with Crippen molar-refractivity contribution in [1.29, 1.82) is 0 Å². The fraction of sp³-hybridized carbons (Fsp3) is 0.231. The van der Waals surface area contributed by atoms with Gasteiger partial charge in [0.05, 0.1) is 11.4 Å². The summed E-state index contributed by atoms with van der Waals surface area (Å²) in [6.45, 7) is 0. The second kappa shape index (κ2) is 4.89. The highest BCUT2D eigenvalue weighted by molar-refractivity contribution is 5.99. The van der Waals surface area contributed by atoms with E-state index in [1.807, 2.05) is 0 Å². The largest absolute Gasteiger partial charge is 0.482 e. The molecule has 1 amide bonds.